The van der Waals surface area contributed by atoms with E-state index in [1.165, 1.54) is 5.56 Å². The van der Waals surface area contributed by atoms with Gasteiger partial charge in [0.1, 0.15) is 0 Å². The SMILES string of the molecule is CC(C)(C)[C@H](N)C(=O)N1CCN(Cc2ccncc2)CC1.Cl. The average Bonchev–Trinajstić information content (AvgIpc) is 2.46. The number of hydrogen-bond acceptors (Lipinski definition) is 4. The number of amides is 1. The number of nitrogens with zero attached hydrogens (tertiary/aromatic N) is 3. The number of nitrogens with two attached hydrogens (primary N) is 1. The Hall–Kier alpha value is -1.17. The number of carbonyl (C=O) groups is 1. The average molecular weight is 327 g/mol. The highest BCUT2D eigenvalue weighted by molar-refractivity contribution is 5.85. The zero-order chi connectivity index (χ0) is 15.5. The molecule has 1 atom stereocenters. The van der Waals surface area contributed by atoms with Crippen LogP contribution in [0, 0.1) is 5.41 Å². The van der Waals surface area contributed by atoms with E-state index < -0.39 is 6.04 Å². The van der Waals surface area contributed by atoms with Crippen LogP contribution >= 0.6 is 12.4 Å². The Morgan fingerprint density at radius 2 is 1.77 bits per heavy atom. The van der Waals surface area contributed by atoms with E-state index in [2.05, 4.69) is 9.88 Å². The lowest BCUT2D eigenvalue weighted by molar-refractivity contribution is -0.136. The van der Waals surface area contributed by atoms with Crippen LogP contribution in [0.4, 0.5) is 0 Å². The largest absolute Gasteiger partial charge is 0.339 e. The molecule has 124 valence electrons. The molecule has 2 heterocycles. The molecular weight excluding hydrogens is 300 g/mol. The zero-order valence-corrected chi connectivity index (χ0v) is 14.5. The molecule has 0 aliphatic carbocycles. The standard InChI is InChI=1S/C16H26N4O.ClH/c1-16(2,3)14(17)15(21)20-10-8-19(9-11-20)12-13-4-6-18-7-5-13;/h4-7,14H,8-12,17H2,1-3H3;1H/t14-;/m1./s1. The van der Waals surface area contributed by atoms with Gasteiger partial charge in [-0.15, -0.1) is 12.4 Å². The Balaban J connectivity index is 0.00000242. The van der Waals surface area contributed by atoms with Gasteiger partial charge in [0.2, 0.25) is 5.91 Å². The lowest BCUT2D eigenvalue weighted by Crippen LogP contribution is -2.56. The lowest BCUT2D eigenvalue weighted by atomic mass is 9.86. The molecule has 5 nitrogen and oxygen atoms in total. The Morgan fingerprint density at radius 3 is 2.27 bits per heavy atom. The molecule has 1 aliphatic rings. The van der Waals surface area contributed by atoms with Crippen molar-refractivity contribution in [2.45, 2.75) is 33.4 Å². The fourth-order valence-corrected chi connectivity index (χ4v) is 2.44. The molecular formula is C16H27ClN4O. The summed E-state index contributed by atoms with van der Waals surface area (Å²) in [7, 11) is 0. The van der Waals surface area contributed by atoms with Gasteiger partial charge in [0.05, 0.1) is 6.04 Å². The Labute approximate surface area is 139 Å². The summed E-state index contributed by atoms with van der Waals surface area (Å²) in [6, 6.07) is 3.64. The highest BCUT2D eigenvalue weighted by Gasteiger charge is 2.32. The Morgan fingerprint density at radius 1 is 1.23 bits per heavy atom. The maximum atomic E-state index is 12.4. The predicted octanol–water partition coefficient (Wildman–Crippen LogP) is 1.52. The number of pyridine rings is 1. The summed E-state index contributed by atoms with van der Waals surface area (Å²) >= 11 is 0. The molecule has 1 aromatic rings. The van der Waals surface area contributed by atoms with Crippen molar-refractivity contribution in [2.24, 2.45) is 11.1 Å². The second kappa shape index (κ2) is 7.90. The summed E-state index contributed by atoms with van der Waals surface area (Å²) < 4.78 is 0. The van der Waals surface area contributed by atoms with E-state index in [9.17, 15) is 4.79 Å². The number of piperazine rings is 1. The second-order valence-electron chi connectivity index (χ2n) is 6.80. The van der Waals surface area contributed by atoms with Gasteiger partial charge in [-0.3, -0.25) is 14.7 Å². The molecule has 2 rings (SSSR count). The minimum absolute atomic E-state index is 0. The second-order valence-corrected chi connectivity index (χ2v) is 6.80. The molecule has 0 spiro atoms. The van der Waals surface area contributed by atoms with Crippen LogP contribution in [-0.4, -0.2) is 52.9 Å². The minimum atomic E-state index is -0.427. The Bertz CT molecular complexity index is 467. The van der Waals surface area contributed by atoms with Gasteiger partial charge in [0.15, 0.2) is 0 Å². The summed E-state index contributed by atoms with van der Waals surface area (Å²) in [6.45, 7) is 10.2. The van der Waals surface area contributed by atoms with E-state index in [4.69, 9.17) is 5.73 Å². The number of rotatable bonds is 3. The van der Waals surface area contributed by atoms with Crippen molar-refractivity contribution in [2.75, 3.05) is 26.2 Å². The van der Waals surface area contributed by atoms with E-state index in [0.717, 1.165) is 32.7 Å². The highest BCUT2D eigenvalue weighted by Crippen LogP contribution is 2.20. The van der Waals surface area contributed by atoms with Gasteiger partial charge < -0.3 is 10.6 Å². The maximum Gasteiger partial charge on any atom is 0.240 e. The molecule has 6 heteroatoms. The van der Waals surface area contributed by atoms with Gasteiger partial charge >= 0.3 is 0 Å². The van der Waals surface area contributed by atoms with Crippen LogP contribution < -0.4 is 5.73 Å². The normalized spacial score (nSPS) is 17.7. The maximum absolute atomic E-state index is 12.4. The molecule has 0 aromatic carbocycles. The van der Waals surface area contributed by atoms with Crippen LogP contribution in [0.2, 0.25) is 0 Å². The molecule has 1 saturated heterocycles. The molecule has 1 amide bonds. The van der Waals surface area contributed by atoms with E-state index >= 15 is 0 Å². The van der Waals surface area contributed by atoms with Crippen molar-refractivity contribution in [1.82, 2.24) is 14.8 Å². The van der Waals surface area contributed by atoms with Crippen molar-refractivity contribution in [3.8, 4) is 0 Å². The molecule has 2 N–H and O–H groups in total. The van der Waals surface area contributed by atoms with E-state index in [0.29, 0.717) is 0 Å². The number of aromatic nitrogens is 1. The van der Waals surface area contributed by atoms with Crippen LogP contribution in [0.25, 0.3) is 0 Å². The molecule has 0 radical (unpaired) electrons. The van der Waals surface area contributed by atoms with Gasteiger partial charge in [-0.2, -0.15) is 0 Å². The van der Waals surface area contributed by atoms with Crippen molar-refractivity contribution >= 4 is 18.3 Å². The van der Waals surface area contributed by atoms with Gasteiger partial charge in [-0.1, -0.05) is 20.8 Å². The molecule has 1 fully saturated rings. The van der Waals surface area contributed by atoms with E-state index in [1.807, 2.05) is 50.2 Å². The summed E-state index contributed by atoms with van der Waals surface area (Å²) in [5.41, 5.74) is 7.14. The van der Waals surface area contributed by atoms with Crippen molar-refractivity contribution in [3.05, 3.63) is 30.1 Å². The van der Waals surface area contributed by atoms with E-state index in [-0.39, 0.29) is 23.7 Å². The van der Waals surface area contributed by atoms with Crippen LogP contribution in [-0.2, 0) is 11.3 Å². The first kappa shape index (κ1) is 18.9. The van der Waals surface area contributed by atoms with Crippen LogP contribution in [0.5, 0.6) is 0 Å². The first-order valence-electron chi connectivity index (χ1n) is 7.53. The first-order chi connectivity index (χ1) is 9.88. The minimum Gasteiger partial charge on any atom is -0.339 e. The smallest absolute Gasteiger partial charge is 0.240 e. The summed E-state index contributed by atoms with van der Waals surface area (Å²) in [5, 5.41) is 0. The Kier molecular flexibility index (Phi) is 6.78. The third kappa shape index (κ3) is 4.93. The molecule has 22 heavy (non-hydrogen) atoms. The van der Waals surface area contributed by atoms with E-state index in [1.54, 1.807) is 0 Å². The molecule has 0 bridgehead atoms. The van der Waals surface area contributed by atoms with Gasteiger partial charge in [-0.25, -0.2) is 0 Å². The van der Waals surface area contributed by atoms with Crippen LogP contribution in [0.1, 0.15) is 26.3 Å². The van der Waals surface area contributed by atoms with Crippen molar-refractivity contribution in [3.63, 3.8) is 0 Å². The third-order valence-corrected chi connectivity index (χ3v) is 4.04. The topological polar surface area (TPSA) is 62.5 Å². The fraction of sp³-hybridized carbons (Fsp3) is 0.625. The summed E-state index contributed by atoms with van der Waals surface area (Å²) in [6.07, 6.45) is 3.63. The van der Waals surface area contributed by atoms with Gasteiger partial charge in [0.25, 0.3) is 0 Å². The van der Waals surface area contributed by atoms with Gasteiger partial charge in [-0.05, 0) is 23.1 Å². The number of halogens is 1. The quantitative estimate of drug-likeness (QED) is 0.915. The van der Waals surface area contributed by atoms with Gasteiger partial charge in [0, 0.05) is 45.1 Å². The zero-order valence-electron chi connectivity index (χ0n) is 13.7. The fourth-order valence-electron chi connectivity index (χ4n) is 2.44. The molecule has 0 saturated carbocycles. The summed E-state index contributed by atoms with van der Waals surface area (Å²) in [4.78, 5) is 20.7. The monoisotopic (exact) mass is 326 g/mol. The number of carbonyl (C=O) groups excluding carboxylic acids is 1. The number of hydrogen-bond donors (Lipinski definition) is 1. The molecule has 1 aliphatic heterocycles. The molecule has 1 aromatic heterocycles. The van der Waals surface area contributed by atoms with Crippen molar-refractivity contribution in [1.29, 1.82) is 0 Å². The first-order valence-corrected chi connectivity index (χ1v) is 7.53. The highest BCUT2D eigenvalue weighted by atomic mass is 35.5. The van der Waals surface area contributed by atoms with Crippen molar-refractivity contribution < 1.29 is 4.79 Å². The van der Waals surface area contributed by atoms with Crippen LogP contribution in [0.3, 0.4) is 0 Å². The lowest BCUT2D eigenvalue weighted by Gasteiger charge is -2.38. The predicted molar refractivity (Wildman–Crippen MR) is 90.8 cm³/mol. The van der Waals surface area contributed by atoms with Crippen LogP contribution in [0.15, 0.2) is 24.5 Å². The molecule has 0 unspecified atom stereocenters. The summed E-state index contributed by atoms with van der Waals surface area (Å²) in [5.74, 6) is 0.0751. The third-order valence-electron chi connectivity index (χ3n) is 4.04.